The van der Waals surface area contributed by atoms with Crippen molar-refractivity contribution in [1.82, 2.24) is 29.9 Å². The Labute approximate surface area is 364 Å². The third-order valence-electron chi connectivity index (χ3n) is 11.4. The Kier molecular flexibility index (Phi) is 9.09. The van der Waals surface area contributed by atoms with E-state index < -0.39 is 193 Å². The molecule has 2 aliphatic heterocycles. The first-order valence-corrected chi connectivity index (χ1v) is 19.1. The van der Waals surface area contributed by atoms with Gasteiger partial charge in [0, 0.05) is 11.1 Å². The highest BCUT2D eigenvalue weighted by atomic mass is 19.2. The number of hydrogen-bond donors (Lipinski definition) is 2. The van der Waals surface area contributed by atoms with Gasteiger partial charge >= 0.3 is 0 Å². The molecule has 9 aromatic rings. The predicted octanol–water partition coefficient (Wildman–Crippen LogP) is 13.6. The minimum Gasteiger partial charge on any atom is -0.338 e. The lowest BCUT2D eigenvalue weighted by molar-refractivity contribution is 0.412. The number of hydrogen-bond acceptors (Lipinski definition) is 4. The predicted molar refractivity (Wildman–Crippen MR) is 211 cm³/mol. The van der Waals surface area contributed by atoms with Gasteiger partial charge in [0.1, 0.15) is 11.3 Å². The number of halogens is 16. The van der Waals surface area contributed by atoms with Crippen molar-refractivity contribution in [3.8, 4) is 67.5 Å². The Hall–Kier alpha value is -8.30. The molecular formula is C46H12F16N6. The fourth-order valence-electron chi connectivity index (χ4n) is 8.51. The second kappa shape index (κ2) is 14.6. The smallest absolute Gasteiger partial charge is 0.198 e. The van der Waals surface area contributed by atoms with Crippen LogP contribution in [0.3, 0.4) is 0 Å². The number of benzene rings is 6. The SMILES string of the molecule is Fc1c(F)c(F)c2c(c1F)-c1nc-2nc2[nH]c(c(-c3ccccc3)c3nc(c(-c4ccccc4)c4[nH]c(n1)c1c(F)c(F)c(F)c(F)c41)-c1c(F)c(F)c(F)c(F)c1-3)c1c(F)c(F)c(F)c(F)c21. The number of H-pyrrole nitrogens is 2. The molecule has 22 heteroatoms. The van der Waals surface area contributed by atoms with Crippen molar-refractivity contribution in [3.63, 3.8) is 0 Å². The van der Waals surface area contributed by atoms with Crippen LogP contribution in [0.15, 0.2) is 60.7 Å². The van der Waals surface area contributed by atoms with E-state index in [1.54, 1.807) is 0 Å². The molecule has 0 atom stereocenters. The van der Waals surface area contributed by atoms with E-state index in [0.29, 0.717) is 0 Å². The van der Waals surface area contributed by atoms with Gasteiger partial charge in [0.25, 0.3) is 0 Å². The van der Waals surface area contributed by atoms with Crippen molar-refractivity contribution in [2.24, 2.45) is 0 Å². The molecule has 11 rings (SSSR count). The number of nitrogens with zero attached hydrogens (tertiary/aromatic N) is 4. The van der Waals surface area contributed by atoms with Crippen LogP contribution in [0, 0.1) is 93.1 Å². The molecule has 2 N–H and O–H groups in total. The molecule has 68 heavy (non-hydrogen) atoms. The van der Waals surface area contributed by atoms with Crippen LogP contribution >= 0.6 is 0 Å². The molecular weight excluding hydrogens is 941 g/mol. The molecule has 0 amide bonds. The van der Waals surface area contributed by atoms with Gasteiger partial charge in [0.2, 0.25) is 0 Å². The van der Waals surface area contributed by atoms with Gasteiger partial charge in [-0.15, -0.1) is 0 Å². The Morgan fingerprint density at radius 2 is 0.559 bits per heavy atom. The summed E-state index contributed by atoms with van der Waals surface area (Å²) in [6, 6.07) is 12.3. The van der Waals surface area contributed by atoms with E-state index in [0.717, 1.165) is 24.3 Å². The average Bonchev–Trinajstić information content (AvgIpc) is 4.11. The first-order valence-electron chi connectivity index (χ1n) is 19.1. The zero-order chi connectivity index (χ0) is 48.1. The first-order chi connectivity index (χ1) is 32.4. The second-order valence-corrected chi connectivity index (χ2v) is 15.0. The van der Waals surface area contributed by atoms with Crippen LogP contribution in [0.4, 0.5) is 70.2 Å². The molecule has 0 unspecified atom stereocenters. The summed E-state index contributed by atoms with van der Waals surface area (Å²) in [7, 11) is 0. The summed E-state index contributed by atoms with van der Waals surface area (Å²) in [6.07, 6.45) is 0. The summed E-state index contributed by atoms with van der Waals surface area (Å²) in [6.45, 7) is 0. The van der Waals surface area contributed by atoms with Crippen LogP contribution in [0.1, 0.15) is 0 Å². The molecule has 0 saturated carbocycles. The van der Waals surface area contributed by atoms with Crippen LogP contribution in [0.25, 0.3) is 111 Å². The van der Waals surface area contributed by atoms with Crippen molar-refractivity contribution >= 4 is 43.9 Å². The van der Waals surface area contributed by atoms with E-state index >= 15 is 70.2 Å². The van der Waals surface area contributed by atoms with Crippen LogP contribution < -0.4 is 0 Å². The van der Waals surface area contributed by atoms with Gasteiger partial charge in [0.05, 0.1) is 66.2 Å². The minimum absolute atomic E-state index is 0.327. The molecule has 0 saturated heterocycles. The molecule has 6 nitrogen and oxygen atoms in total. The van der Waals surface area contributed by atoms with E-state index in [-0.39, 0.29) is 11.1 Å². The molecule has 338 valence electrons. The summed E-state index contributed by atoms with van der Waals surface area (Å²) >= 11 is 0. The minimum atomic E-state index is -2.53. The Bertz CT molecular complexity index is 3740. The first kappa shape index (κ1) is 42.3. The highest BCUT2D eigenvalue weighted by molar-refractivity contribution is 6.17. The summed E-state index contributed by atoms with van der Waals surface area (Å²) in [4.78, 5) is 20.4. The standard InChI is InChI=1S/C46H12F16N6/c47-23-15-16(24(48)32(56)31(23)55)40-14(12-9-5-2-6-10-12)42-18-20(28(52)36(60)34(58)26(18)50)44(65-42)67-46-22-21(29(53)37(61)38(62)30(22)54)45(68-46)66-43-19-17(25(49)33(57)35(59)27(19)51)41(64-43)13(39(15)63-40)11-7-3-1-4-8-11/h1-10H,(H2,64,65,66,67,68). The maximum Gasteiger partial charge on any atom is 0.198 e. The molecule has 2 aliphatic rings. The summed E-state index contributed by atoms with van der Waals surface area (Å²) < 4.78 is 253. The van der Waals surface area contributed by atoms with Crippen molar-refractivity contribution in [1.29, 1.82) is 0 Å². The van der Waals surface area contributed by atoms with E-state index in [1.807, 2.05) is 0 Å². The van der Waals surface area contributed by atoms with Crippen LogP contribution in [0.5, 0.6) is 0 Å². The zero-order valence-corrected chi connectivity index (χ0v) is 32.6. The van der Waals surface area contributed by atoms with Crippen LogP contribution in [-0.2, 0) is 0 Å². The van der Waals surface area contributed by atoms with Gasteiger partial charge in [0.15, 0.2) is 105 Å². The number of fused-ring (bicyclic) bond motifs is 20. The lowest BCUT2D eigenvalue weighted by atomic mass is 9.93. The second-order valence-electron chi connectivity index (χ2n) is 15.0. The van der Waals surface area contributed by atoms with Gasteiger partial charge in [-0.2, -0.15) is 0 Å². The number of aromatic nitrogens is 6. The molecule has 0 radical (unpaired) electrons. The maximum atomic E-state index is 16.7. The van der Waals surface area contributed by atoms with E-state index in [2.05, 4.69) is 29.9 Å². The van der Waals surface area contributed by atoms with Crippen molar-refractivity contribution in [3.05, 3.63) is 154 Å². The molecule has 0 fully saturated rings. The lowest BCUT2D eigenvalue weighted by Crippen LogP contribution is -2.01. The van der Waals surface area contributed by atoms with Crippen molar-refractivity contribution in [2.75, 3.05) is 0 Å². The third kappa shape index (κ3) is 5.50. The largest absolute Gasteiger partial charge is 0.338 e. The summed E-state index contributed by atoms with van der Waals surface area (Å²) in [5.74, 6) is -40.9. The Morgan fingerprint density at radius 3 is 0.897 bits per heavy atom. The average molecular weight is 953 g/mol. The fourth-order valence-corrected chi connectivity index (χ4v) is 8.51. The number of rotatable bonds is 2. The Balaban J connectivity index is 1.56. The van der Waals surface area contributed by atoms with Gasteiger partial charge < -0.3 is 9.97 Å². The molecule has 0 aliphatic carbocycles. The molecule has 5 heterocycles. The van der Waals surface area contributed by atoms with Crippen LogP contribution in [0.2, 0.25) is 0 Å². The Morgan fingerprint density at radius 1 is 0.265 bits per heavy atom. The van der Waals surface area contributed by atoms with Gasteiger partial charge in [-0.05, 0) is 11.1 Å². The van der Waals surface area contributed by atoms with Gasteiger partial charge in [-0.3, -0.25) is 0 Å². The van der Waals surface area contributed by atoms with E-state index in [1.165, 1.54) is 36.4 Å². The summed E-state index contributed by atoms with van der Waals surface area (Å²) in [5.41, 5.74) is -14.6. The highest BCUT2D eigenvalue weighted by Crippen LogP contribution is 2.52. The molecule has 6 aromatic carbocycles. The van der Waals surface area contributed by atoms with Gasteiger partial charge in [-0.25, -0.2) is 90.2 Å². The highest BCUT2D eigenvalue weighted by Gasteiger charge is 2.39. The van der Waals surface area contributed by atoms with Crippen molar-refractivity contribution in [2.45, 2.75) is 0 Å². The fraction of sp³-hybridized carbons (Fsp3) is 0. The molecule has 8 bridgehead atoms. The van der Waals surface area contributed by atoms with E-state index in [9.17, 15) is 0 Å². The zero-order valence-electron chi connectivity index (χ0n) is 32.6. The lowest BCUT2D eigenvalue weighted by Gasteiger charge is -2.11. The number of aromatic amines is 2. The topological polar surface area (TPSA) is 83.1 Å². The third-order valence-corrected chi connectivity index (χ3v) is 11.4. The molecule has 3 aromatic heterocycles. The molecule has 0 spiro atoms. The normalized spacial score (nSPS) is 12.1. The summed E-state index contributed by atoms with van der Waals surface area (Å²) in [5, 5.41) is -5.51. The quantitative estimate of drug-likeness (QED) is 0.103. The van der Waals surface area contributed by atoms with Gasteiger partial charge in [-0.1, -0.05) is 60.7 Å². The van der Waals surface area contributed by atoms with Crippen LogP contribution in [-0.4, -0.2) is 29.9 Å². The van der Waals surface area contributed by atoms with E-state index in [4.69, 9.17) is 0 Å². The number of nitrogens with one attached hydrogen (secondary N) is 2. The maximum absolute atomic E-state index is 16.7. The van der Waals surface area contributed by atoms with Crippen molar-refractivity contribution < 1.29 is 70.2 Å². The monoisotopic (exact) mass is 952 g/mol.